The molecule has 0 aromatic rings. The zero-order valence-corrected chi connectivity index (χ0v) is 25.8. The van der Waals surface area contributed by atoms with E-state index in [2.05, 4.69) is 63.2 Å². The van der Waals surface area contributed by atoms with Crippen LogP contribution >= 0.6 is 0 Å². The summed E-state index contributed by atoms with van der Waals surface area (Å²) in [6, 6.07) is 0.382. The Morgan fingerprint density at radius 2 is 1.49 bits per heavy atom. The number of allylic oxidation sites excluding steroid dienone is 3. The Hall–Kier alpha value is -1.13. The highest BCUT2D eigenvalue weighted by molar-refractivity contribution is 5.64. The molecule has 0 aromatic heterocycles. The molecule has 4 nitrogen and oxygen atoms in total. The van der Waals surface area contributed by atoms with Gasteiger partial charge in [-0.15, -0.1) is 0 Å². The number of nitrogens with one attached hydrogen (secondary N) is 2. The number of unbranched alkanes of at least 4 members (excludes halogenated alkanes) is 1. The first kappa shape index (κ1) is 38.4. The van der Waals surface area contributed by atoms with Gasteiger partial charge in [0.1, 0.15) is 0 Å². The van der Waals surface area contributed by atoms with E-state index in [4.69, 9.17) is 5.11 Å². The minimum Gasteiger partial charge on any atom is -0.395 e. The van der Waals surface area contributed by atoms with Gasteiger partial charge in [0.25, 0.3) is 0 Å². The van der Waals surface area contributed by atoms with Gasteiger partial charge in [-0.3, -0.25) is 4.99 Å². The highest BCUT2D eigenvalue weighted by Crippen LogP contribution is 2.26. The van der Waals surface area contributed by atoms with Crippen molar-refractivity contribution in [2.24, 2.45) is 10.4 Å². The predicted molar refractivity (Wildman–Crippen MR) is 161 cm³/mol. The minimum absolute atomic E-state index is 0.232. The molecule has 210 valence electrons. The van der Waals surface area contributed by atoms with Crippen LogP contribution in [0.3, 0.4) is 0 Å². The Labute approximate surface area is 221 Å². The average Bonchev–Trinajstić information content (AvgIpc) is 3.11. The van der Waals surface area contributed by atoms with Crippen molar-refractivity contribution in [3.63, 3.8) is 0 Å². The first-order chi connectivity index (χ1) is 16.8. The topological polar surface area (TPSA) is 56.7 Å². The molecule has 1 aliphatic carbocycles. The molecule has 1 unspecified atom stereocenters. The van der Waals surface area contributed by atoms with E-state index < -0.39 is 0 Å². The number of aliphatic hydroxyl groups is 1. The van der Waals surface area contributed by atoms with Crippen LogP contribution in [0.25, 0.3) is 0 Å². The molecule has 35 heavy (non-hydrogen) atoms. The zero-order valence-electron chi connectivity index (χ0n) is 25.8. The van der Waals surface area contributed by atoms with Crippen molar-refractivity contribution in [2.45, 2.75) is 146 Å². The molecule has 3 N–H and O–H groups in total. The van der Waals surface area contributed by atoms with Gasteiger partial charge in [-0.1, -0.05) is 119 Å². The normalized spacial score (nSPS) is 19.0. The van der Waals surface area contributed by atoms with E-state index >= 15 is 0 Å². The standard InChI is InChI=1S/C12H20N2.C7H15NO.C4H8.C4H10.2C2H6/c1-9(12(3,4)5)8-11-10(2)13-6-7-14-11;9-6-7-4-2-1-3-5-8-7;1-2-4-3-1;1-3-4-2;2*1-2/h6,8,14H,7H2,1-5H3;7-9H,1-6H2;1-4H2;3-4H2,1-2H3;2*1-2H3/b9-8+;;;;;. The van der Waals surface area contributed by atoms with E-state index in [-0.39, 0.29) is 5.41 Å². The van der Waals surface area contributed by atoms with Crippen LogP contribution in [0, 0.1) is 5.41 Å². The van der Waals surface area contributed by atoms with E-state index in [1.165, 1.54) is 63.4 Å². The number of nitrogens with zero attached hydrogens (tertiary/aromatic N) is 1. The van der Waals surface area contributed by atoms with Gasteiger partial charge < -0.3 is 15.7 Å². The van der Waals surface area contributed by atoms with Gasteiger partial charge in [-0.25, -0.2) is 0 Å². The average molecular weight is 496 g/mol. The van der Waals surface area contributed by atoms with E-state index in [0.717, 1.165) is 30.9 Å². The van der Waals surface area contributed by atoms with Crippen LogP contribution in [0.15, 0.2) is 28.0 Å². The van der Waals surface area contributed by atoms with Crippen LogP contribution in [-0.2, 0) is 0 Å². The monoisotopic (exact) mass is 496 g/mol. The van der Waals surface area contributed by atoms with Gasteiger partial charge >= 0.3 is 0 Å². The molecule has 2 aliphatic heterocycles. The molecule has 0 aromatic carbocycles. The largest absolute Gasteiger partial charge is 0.395 e. The van der Waals surface area contributed by atoms with Crippen molar-refractivity contribution in [1.82, 2.24) is 10.6 Å². The summed E-state index contributed by atoms with van der Waals surface area (Å²) in [6.45, 7) is 25.5. The molecule has 2 heterocycles. The van der Waals surface area contributed by atoms with E-state index in [0.29, 0.717) is 12.6 Å². The highest BCUT2D eigenvalue weighted by atomic mass is 16.3. The number of aliphatic imine (C=N–C) groups is 1. The van der Waals surface area contributed by atoms with Gasteiger partial charge in [-0.2, -0.15) is 0 Å². The summed E-state index contributed by atoms with van der Waals surface area (Å²) in [7, 11) is 0. The Bertz CT molecular complexity index is 512. The molecular weight excluding hydrogens is 430 g/mol. The molecule has 4 heteroatoms. The lowest BCUT2D eigenvalue weighted by atomic mass is 9.87. The second-order valence-corrected chi connectivity index (χ2v) is 9.87. The van der Waals surface area contributed by atoms with E-state index in [1.54, 1.807) is 0 Å². The smallest absolute Gasteiger partial charge is 0.0600 e. The summed E-state index contributed by atoms with van der Waals surface area (Å²) < 4.78 is 0. The first-order valence-corrected chi connectivity index (χ1v) is 14.8. The van der Waals surface area contributed by atoms with Crippen molar-refractivity contribution in [1.29, 1.82) is 0 Å². The second kappa shape index (κ2) is 27.5. The lowest BCUT2D eigenvalue weighted by Gasteiger charge is -2.21. The van der Waals surface area contributed by atoms with Gasteiger partial charge in [0.05, 0.1) is 24.5 Å². The van der Waals surface area contributed by atoms with Crippen LogP contribution in [0.2, 0.25) is 0 Å². The lowest BCUT2D eigenvalue weighted by Crippen LogP contribution is -2.31. The maximum absolute atomic E-state index is 8.75. The van der Waals surface area contributed by atoms with Crippen LogP contribution in [0.1, 0.15) is 140 Å². The molecule has 3 aliphatic rings. The van der Waals surface area contributed by atoms with Crippen LogP contribution in [0.4, 0.5) is 0 Å². The van der Waals surface area contributed by atoms with Crippen LogP contribution in [-0.4, -0.2) is 37.1 Å². The second-order valence-electron chi connectivity index (χ2n) is 9.87. The van der Waals surface area contributed by atoms with Crippen molar-refractivity contribution in [3.8, 4) is 0 Å². The quantitative estimate of drug-likeness (QED) is 0.366. The van der Waals surface area contributed by atoms with Crippen LogP contribution in [0.5, 0.6) is 0 Å². The van der Waals surface area contributed by atoms with Crippen molar-refractivity contribution < 1.29 is 5.11 Å². The van der Waals surface area contributed by atoms with Crippen molar-refractivity contribution >= 4 is 6.21 Å². The van der Waals surface area contributed by atoms with Crippen molar-refractivity contribution in [2.75, 3.05) is 19.7 Å². The summed E-state index contributed by atoms with van der Waals surface area (Å²) in [5.41, 5.74) is 3.83. The number of aliphatic hydroxyl groups excluding tert-OH is 1. The maximum Gasteiger partial charge on any atom is 0.0600 e. The summed E-state index contributed by atoms with van der Waals surface area (Å²) in [4.78, 5) is 4.29. The van der Waals surface area contributed by atoms with Crippen molar-refractivity contribution in [3.05, 3.63) is 23.0 Å². The molecular formula is C31H65N3O. The zero-order chi connectivity index (χ0) is 27.5. The molecule has 1 saturated heterocycles. The molecule has 0 radical (unpaired) electrons. The Morgan fingerprint density at radius 1 is 0.971 bits per heavy atom. The summed E-state index contributed by atoms with van der Waals surface area (Å²) >= 11 is 0. The van der Waals surface area contributed by atoms with Gasteiger partial charge in [0.2, 0.25) is 0 Å². The molecule has 0 bridgehead atoms. The maximum atomic E-state index is 8.75. The van der Waals surface area contributed by atoms with Gasteiger partial charge in [-0.05, 0) is 44.7 Å². The molecule has 2 fully saturated rings. The highest BCUT2D eigenvalue weighted by Gasteiger charge is 2.13. The third-order valence-electron chi connectivity index (χ3n) is 5.99. The Kier molecular flexibility index (Phi) is 30.1. The SMILES string of the molecule is C1CCC1.CC.CC.CC1=C(/C=C(\C)C(C)(C)C)NCC=N1.CCCC.OCC1CCCCCN1. The molecule has 3 rings (SSSR count). The fourth-order valence-corrected chi connectivity index (χ4v) is 2.63. The molecule has 1 atom stereocenters. The lowest BCUT2D eigenvalue weighted by molar-refractivity contribution is 0.240. The number of hydrogen-bond donors (Lipinski definition) is 3. The van der Waals surface area contributed by atoms with Gasteiger partial charge in [0.15, 0.2) is 0 Å². The minimum atomic E-state index is 0.232. The fourth-order valence-electron chi connectivity index (χ4n) is 2.63. The summed E-state index contributed by atoms with van der Waals surface area (Å²) in [6.07, 6.45) is 17.8. The number of hydrogen-bond acceptors (Lipinski definition) is 4. The van der Waals surface area contributed by atoms with E-state index in [9.17, 15) is 0 Å². The first-order valence-electron chi connectivity index (χ1n) is 14.8. The van der Waals surface area contributed by atoms with Crippen LogP contribution < -0.4 is 10.6 Å². The summed E-state index contributed by atoms with van der Waals surface area (Å²) in [5.74, 6) is 0. The predicted octanol–water partition coefficient (Wildman–Crippen LogP) is 8.81. The molecule has 0 spiro atoms. The third kappa shape index (κ3) is 24.3. The Morgan fingerprint density at radius 3 is 1.89 bits per heavy atom. The molecule has 1 saturated carbocycles. The van der Waals surface area contributed by atoms with Gasteiger partial charge in [0, 0.05) is 12.3 Å². The number of rotatable bonds is 3. The third-order valence-corrected chi connectivity index (χ3v) is 5.99. The Balaban J connectivity index is -0.000000416. The fraction of sp³-hybridized carbons (Fsp3) is 0.839. The summed E-state index contributed by atoms with van der Waals surface area (Å²) in [5, 5.41) is 15.4. The van der Waals surface area contributed by atoms with E-state index in [1.807, 2.05) is 40.8 Å². The molecule has 0 amide bonds.